The van der Waals surface area contributed by atoms with Gasteiger partial charge in [-0.25, -0.2) is 0 Å². The maximum absolute atomic E-state index is 12.4. The minimum absolute atomic E-state index is 0.0471. The molecule has 0 bridgehead atoms. The van der Waals surface area contributed by atoms with Gasteiger partial charge < -0.3 is 4.90 Å². The van der Waals surface area contributed by atoms with Gasteiger partial charge in [0, 0.05) is 49.4 Å². The van der Waals surface area contributed by atoms with Crippen molar-refractivity contribution in [3.63, 3.8) is 0 Å². The van der Waals surface area contributed by atoms with E-state index < -0.39 is 4.92 Å². The molecule has 0 N–H and O–H groups in total. The van der Waals surface area contributed by atoms with E-state index >= 15 is 0 Å². The molecule has 114 valence electrons. The highest BCUT2D eigenvalue weighted by atomic mass is 16.6. The van der Waals surface area contributed by atoms with Crippen LogP contribution in [0.5, 0.6) is 0 Å². The molecule has 1 aromatic rings. The van der Waals surface area contributed by atoms with Crippen LogP contribution < -0.4 is 0 Å². The lowest BCUT2D eigenvalue weighted by Gasteiger charge is -2.42. The third kappa shape index (κ3) is 3.58. The van der Waals surface area contributed by atoms with E-state index in [2.05, 4.69) is 25.7 Å². The Morgan fingerprint density at radius 2 is 1.81 bits per heavy atom. The number of benzene rings is 1. The molecule has 1 aromatic carbocycles. The summed E-state index contributed by atoms with van der Waals surface area (Å²) in [6.45, 7) is 9.42. The number of rotatable bonds is 2. The number of carbonyl (C=O) groups is 1. The average molecular weight is 291 g/mol. The van der Waals surface area contributed by atoms with Gasteiger partial charge in [-0.15, -0.1) is 0 Å². The van der Waals surface area contributed by atoms with Gasteiger partial charge in [-0.3, -0.25) is 19.8 Å². The summed E-state index contributed by atoms with van der Waals surface area (Å²) in [6, 6.07) is 5.93. The Labute approximate surface area is 124 Å². The highest BCUT2D eigenvalue weighted by molar-refractivity contribution is 5.94. The van der Waals surface area contributed by atoms with Crippen molar-refractivity contribution in [2.24, 2.45) is 0 Å². The van der Waals surface area contributed by atoms with Gasteiger partial charge in [-0.2, -0.15) is 0 Å². The summed E-state index contributed by atoms with van der Waals surface area (Å²) in [5, 5.41) is 10.8. The van der Waals surface area contributed by atoms with Gasteiger partial charge in [0.1, 0.15) is 0 Å². The molecule has 0 atom stereocenters. The van der Waals surface area contributed by atoms with E-state index in [4.69, 9.17) is 0 Å². The highest BCUT2D eigenvalue weighted by Gasteiger charge is 2.28. The van der Waals surface area contributed by atoms with Crippen molar-refractivity contribution in [3.05, 3.63) is 39.9 Å². The molecule has 1 fully saturated rings. The lowest BCUT2D eigenvalue weighted by Crippen LogP contribution is -2.54. The third-order valence-electron chi connectivity index (χ3n) is 3.82. The summed E-state index contributed by atoms with van der Waals surface area (Å²) < 4.78 is 0. The molecule has 1 aliphatic heterocycles. The molecule has 2 rings (SSSR count). The second-order valence-electron chi connectivity index (χ2n) is 6.26. The third-order valence-corrected chi connectivity index (χ3v) is 3.82. The summed E-state index contributed by atoms with van der Waals surface area (Å²) in [5.74, 6) is -0.132. The van der Waals surface area contributed by atoms with E-state index in [0.29, 0.717) is 18.7 Å². The topological polar surface area (TPSA) is 66.7 Å². The molecule has 0 aromatic heterocycles. The van der Waals surface area contributed by atoms with Crippen molar-refractivity contribution < 1.29 is 9.72 Å². The first-order chi connectivity index (χ1) is 9.79. The highest BCUT2D eigenvalue weighted by Crippen LogP contribution is 2.19. The minimum atomic E-state index is -0.478. The number of piperazine rings is 1. The number of non-ortho nitro benzene ring substituents is 1. The van der Waals surface area contributed by atoms with Gasteiger partial charge in [0.2, 0.25) is 0 Å². The fraction of sp³-hybridized carbons (Fsp3) is 0.533. The Bertz CT molecular complexity index is 543. The largest absolute Gasteiger partial charge is 0.336 e. The van der Waals surface area contributed by atoms with Gasteiger partial charge >= 0.3 is 0 Å². The number of carbonyl (C=O) groups excluding carboxylic acids is 1. The van der Waals surface area contributed by atoms with Crippen molar-refractivity contribution in [2.75, 3.05) is 26.2 Å². The SMILES string of the molecule is CC(C)(C)N1CCN(C(=O)c2cccc([N+](=O)[O-])c2)CC1. The molecule has 6 heteroatoms. The zero-order valence-electron chi connectivity index (χ0n) is 12.7. The molecular weight excluding hydrogens is 270 g/mol. The van der Waals surface area contributed by atoms with Crippen LogP contribution in [0, 0.1) is 10.1 Å². The number of nitrogens with zero attached hydrogens (tertiary/aromatic N) is 3. The summed E-state index contributed by atoms with van der Waals surface area (Å²) in [4.78, 5) is 26.8. The zero-order valence-corrected chi connectivity index (χ0v) is 12.7. The molecule has 1 aliphatic rings. The molecule has 0 radical (unpaired) electrons. The Morgan fingerprint density at radius 3 is 2.33 bits per heavy atom. The molecule has 1 amide bonds. The fourth-order valence-electron chi connectivity index (χ4n) is 2.52. The minimum Gasteiger partial charge on any atom is -0.336 e. The van der Waals surface area contributed by atoms with Crippen molar-refractivity contribution in [1.82, 2.24) is 9.80 Å². The summed E-state index contributed by atoms with van der Waals surface area (Å²) in [5.41, 5.74) is 0.434. The van der Waals surface area contributed by atoms with E-state index in [1.807, 2.05) is 0 Å². The van der Waals surface area contributed by atoms with Crippen LogP contribution in [0.2, 0.25) is 0 Å². The first-order valence-corrected chi connectivity index (χ1v) is 7.08. The Hall–Kier alpha value is -1.95. The van der Waals surface area contributed by atoms with Crippen molar-refractivity contribution >= 4 is 11.6 Å². The normalized spacial score (nSPS) is 16.8. The zero-order chi connectivity index (χ0) is 15.6. The maximum Gasteiger partial charge on any atom is 0.270 e. The fourth-order valence-corrected chi connectivity index (χ4v) is 2.52. The summed E-state index contributed by atoms with van der Waals surface area (Å²) in [7, 11) is 0. The van der Waals surface area contributed by atoms with E-state index in [0.717, 1.165) is 13.1 Å². The van der Waals surface area contributed by atoms with Crippen molar-refractivity contribution in [1.29, 1.82) is 0 Å². The first-order valence-electron chi connectivity index (χ1n) is 7.08. The Balaban J connectivity index is 2.05. The van der Waals surface area contributed by atoms with Crippen LogP contribution in [0.15, 0.2) is 24.3 Å². The lowest BCUT2D eigenvalue weighted by atomic mass is 10.0. The van der Waals surface area contributed by atoms with Crippen LogP contribution in [-0.4, -0.2) is 52.3 Å². The van der Waals surface area contributed by atoms with E-state index in [9.17, 15) is 14.9 Å². The Kier molecular flexibility index (Phi) is 4.27. The summed E-state index contributed by atoms with van der Waals surface area (Å²) >= 11 is 0. The van der Waals surface area contributed by atoms with Crippen molar-refractivity contribution in [2.45, 2.75) is 26.3 Å². The molecule has 1 heterocycles. The van der Waals surface area contributed by atoms with Crippen LogP contribution in [-0.2, 0) is 0 Å². The maximum atomic E-state index is 12.4. The van der Waals surface area contributed by atoms with Gasteiger partial charge in [0.05, 0.1) is 4.92 Å². The summed E-state index contributed by atoms with van der Waals surface area (Å²) in [6.07, 6.45) is 0. The Morgan fingerprint density at radius 1 is 1.19 bits per heavy atom. The van der Waals surface area contributed by atoms with Gasteiger partial charge in [0.25, 0.3) is 11.6 Å². The van der Waals surface area contributed by atoms with Crippen LogP contribution in [0.25, 0.3) is 0 Å². The standard InChI is InChI=1S/C15H21N3O3/c1-15(2,3)17-9-7-16(8-10-17)14(19)12-5-4-6-13(11-12)18(20)21/h4-6,11H,7-10H2,1-3H3. The van der Waals surface area contributed by atoms with Crippen LogP contribution >= 0.6 is 0 Å². The predicted molar refractivity (Wildman–Crippen MR) is 80.3 cm³/mol. The van der Waals surface area contributed by atoms with Crippen LogP contribution in [0.4, 0.5) is 5.69 Å². The lowest BCUT2D eigenvalue weighted by molar-refractivity contribution is -0.384. The average Bonchev–Trinajstić information content (AvgIpc) is 2.46. The van der Waals surface area contributed by atoms with Crippen LogP contribution in [0.3, 0.4) is 0 Å². The van der Waals surface area contributed by atoms with E-state index in [-0.39, 0.29) is 17.1 Å². The smallest absolute Gasteiger partial charge is 0.270 e. The molecule has 0 aliphatic carbocycles. The number of amides is 1. The number of nitro groups is 1. The number of hydrogen-bond acceptors (Lipinski definition) is 4. The van der Waals surface area contributed by atoms with E-state index in [1.165, 1.54) is 12.1 Å². The van der Waals surface area contributed by atoms with Gasteiger partial charge in [-0.05, 0) is 26.8 Å². The molecule has 0 unspecified atom stereocenters. The first kappa shape index (κ1) is 15.4. The second-order valence-corrected chi connectivity index (χ2v) is 6.26. The number of nitro benzene ring substituents is 1. The van der Waals surface area contributed by atoms with Crippen molar-refractivity contribution in [3.8, 4) is 0 Å². The quantitative estimate of drug-likeness (QED) is 0.618. The molecule has 0 saturated carbocycles. The second kappa shape index (κ2) is 5.81. The molecule has 6 nitrogen and oxygen atoms in total. The van der Waals surface area contributed by atoms with Crippen LogP contribution in [0.1, 0.15) is 31.1 Å². The molecule has 1 saturated heterocycles. The van der Waals surface area contributed by atoms with Gasteiger partial charge in [0.15, 0.2) is 0 Å². The monoisotopic (exact) mass is 291 g/mol. The van der Waals surface area contributed by atoms with E-state index in [1.54, 1.807) is 17.0 Å². The molecular formula is C15H21N3O3. The van der Waals surface area contributed by atoms with Gasteiger partial charge in [-0.1, -0.05) is 6.07 Å². The molecule has 21 heavy (non-hydrogen) atoms. The molecule has 0 spiro atoms. The predicted octanol–water partition coefficient (Wildman–Crippen LogP) is 2.15. The number of hydrogen-bond donors (Lipinski definition) is 0.